The van der Waals surface area contributed by atoms with Crippen LogP contribution < -0.4 is 5.32 Å². The second kappa shape index (κ2) is 5.98. The van der Waals surface area contributed by atoms with E-state index in [1.807, 2.05) is 36.5 Å². The van der Waals surface area contributed by atoms with Gasteiger partial charge in [-0.15, -0.1) is 0 Å². The molecule has 5 heteroatoms. The lowest BCUT2D eigenvalue weighted by Crippen LogP contribution is -2.07. The highest BCUT2D eigenvalue weighted by Crippen LogP contribution is 2.28. The number of aromatic amines is 1. The minimum absolute atomic E-state index is 0.208. The van der Waals surface area contributed by atoms with Crippen molar-refractivity contribution < 1.29 is 0 Å². The fourth-order valence-electron chi connectivity index (χ4n) is 1.56. The van der Waals surface area contributed by atoms with Gasteiger partial charge in [0, 0.05) is 27.9 Å². The maximum Gasteiger partial charge on any atom is 0.158 e. The second-order valence-electron chi connectivity index (χ2n) is 3.85. The minimum atomic E-state index is 0.208. The van der Waals surface area contributed by atoms with E-state index in [9.17, 15) is 0 Å². The van der Waals surface area contributed by atoms with E-state index in [1.165, 1.54) is 11.8 Å². The molecule has 0 saturated heterocycles. The lowest BCUT2D eigenvalue weighted by molar-refractivity contribution is 1.04. The zero-order chi connectivity index (χ0) is 13.0. The van der Waals surface area contributed by atoms with E-state index in [0.717, 1.165) is 11.4 Å². The van der Waals surface area contributed by atoms with Gasteiger partial charge in [0.25, 0.3) is 0 Å². The second-order valence-corrected chi connectivity index (χ2v) is 5.64. The minimum Gasteiger partial charge on any atom is -0.364 e. The standard InChI is InChI=1S/C13H14ClN3S/c1-9(12-6-3-7-16-12)18-13(15)17-11-5-2-4-10(14)8-11/h2-9,16H,1H3,(H2,15,17). The number of nitrogens with one attached hydrogen (secondary N) is 3. The van der Waals surface area contributed by atoms with Crippen LogP contribution in [-0.2, 0) is 0 Å². The molecule has 3 nitrogen and oxygen atoms in total. The van der Waals surface area contributed by atoms with Gasteiger partial charge in [-0.25, -0.2) is 0 Å². The van der Waals surface area contributed by atoms with Gasteiger partial charge in [-0.1, -0.05) is 29.4 Å². The smallest absolute Gasteiger partial charge is 0.158 e. The SMILES string of the molecule is CC(SC(=N)Nc1cccc(Cl)c1)c1ccc[nH]1. The Hall–Kier alpha value is -1.39. The molecule has 0 bridgehead atoms. The first-order chi connectivity index (χ1) is 8.65. The molecule has 1 heterocycles. The summed E-state index contributed by atoms with van der Waals surface area (Å²) in [6.07, 6.45) is 1.89. The third-order valence-corrected chi connectivity index (χ3v) is 3.62. The molecule has 3 N–H and O–H groups in total. The van der Waals surface area contributed by atoms with Crippen molar-refractivity contribution in [1.82, 2.24) is 4.98 Å². The van der Waals surface area contributed by atoms with Gasteiger partial charge in [0.15, 0.2) is 5.17 Å². The molecule has 1 unspecified atom stereocenters. The monoisotopic (exact) mass is 279 g/mol. The number of amidine groups is 1. The van der Waals surface area contributed by atoms with Gasteiger partial charge < -0.3 is 10.3 Å². The van der Waals surface area contributed by atoms with Crippen molar-refractivity contribution in [2.75, 3.05) is 5.32 Å². The third-order valence-electron chi connectivity index (χ3n) is 2.44. The van der Waals surface area contributed by atoms with Crippen LogP contribution in [0.2, 0.25) is 5.02 Å². The maximum absolute atomic E-state index is 7.92. The van der Waals surface area contributed by atoms with Crippen LogP contribution in [0, 0.1) is 5.41 Å². The van der Waals surface area contributed by atoms with Crippen LogP contribution in [0.25, 0.3) is 0 Å². The van der Waals surface area contributed by atoms with Gasteiger partial charge in [0.05, 0.1) is 0 Å². The summed E-state index contributed by atoms with van der Waals surface area (Å²) in [5.74, 6) is 0. The molecule has 0 aliphatic rings. The molecule has 2 aromatic rings. The van der Waals surface area contributed by atoms with Crippen molar-refractivity contribution >= 4 is 34.2 Å². The van der Waals surface area contributed by atoms with Gasteiger partial charge in [-0.2, -0.15) is 0 Å². The number of halogens is 1. The molecule has 1 aromatic heterocycles. The molecule has 0 aliphatic carbocycles. The molecule has 18 heavy (non-hydrogen) atoms. The number of H-pyrrole nitrogens is 1. The zero-order valence-electron chi connectivity index (χ0n) is 9.91. The van der Waals surface area contributed by atoms with Gasteiger partial charge in [-0.05, 0) is 37.3 Å². The van der Waals surface area contributed by atoms with Crippen molar-refractivity contribution in [1.29, 1.82) is 5.41 Å². The summed E-state index contributed by atoms with van der Waals surface area (Å²) in [5.41, 5.74) is 1.94. The quantitative estimate of drug-likeness (QED) is 0.572. The van der Waals surface area contributed by atoms with Crippen LogP contribution in [0.3, 0.4) is 0 Å². The van der Waals surface area contributed by atoms with E-state index in [1.54, 1.807) is 6.07 Å². The maximum atomic E-state index is 7.92. The van der Waals surface area contributed by atoms with Crippen molar-refractivity contribution in [2.24, 2.45) is 0 Å². The summed E-state index contributed by atoms with van der Waals surface area (Å²) in [7, 11) is 0. The molecule has 1 atom stereocenters. The van der Waals surface area contributed by atoms with Crippen LogP contribution in [0.1, 0.15) is 17.9 Å². The van der Waals surface area contributed by atoms with Crippen LogP contribution in [0.15, 0.2) is 42.6 Å². The molecule has 2 rings (SSSR count). The molecular formula is C13H14ClN3S. The number of anilines is 1. The Balaban J connectivity index is 1.93. The van der Waals surface area contributed by atoms with Crippen molar-refractivity contribution in [3.63, 3.8) is 0 Å². The number of aromatic nitrogens is 1. The van der Waals surface area contributed by atoms with E-state index in [0.29, 0.717) is 10.2 Å². The highest BCUT2D eigenvalue weighted by Gasteiger charge is 2.10. The highest BCUT2D eigenvalue weighted by molar-refractivity contribution is 8.14. The van der Waals surface area contributed by atoms with Crippen molar-refractivity contribution in [3.8, 4) is 0 Å². The number of benzene rings is 1. The van der Waals surface area contributed by atoms with Crippen LogP contribution >= 0.6 is 23.4 Å². The molecule has 1 aromatic carbocycles. The molecule has 0 saturated carbocycles. The molecule has 94 valence electrons. The fourth-order valence-corrected chi connectivity index (χ4v) is 2.56. The zero-order valence-corrected chi connectivity index (χ0v) is 11.5. The van der Waals surface area contributed by atoms with Gasteiger partial charge in [-0.3, -0.25) is 5.41 Å². The van der Waals surface area contributed by atoms with E-state index in [-0.39, 0.29) is 5.25 Å². The van der Waals surface area contributed by atoms with Crippen LogP contribution in [0.4, 0.5) is 5.69 Å². The Labute approximate surface area is 115 Å². The Morgan fingerprint density at radius 1 is 1.39 bits per heavy atom. The Bertz CT molecular complexity index is 525. The first-order valence-electron chi connectivity index (χ1n) is 5.56. The lowest BCUT2D eigenvalue weighted by atomic mass is 10.3. The first kappa shape index (κ1) is 13.1. The average molecular weight is 280 g/mol. The first-order valence-corrected chi connectivity index (χ1v) is 6.82. The lowest BCUT2D eigenvalue weighted by Gasteiger charge is -2.12. The number of thioether (sulfide) groups is 1. The third kappa shape index (κ3) is 3.55. The summed E-state index contributed by atoms with van der Waals surface area (Å²) in [5, 5.41) is 12.2. The summed E-state index contributed by atoms with van der Waals surface area (Å²) in [6.45, 7) is 2.06. The number of rotatable bonds is 3. The number of hydrogen-bond acceptors (Lipinski definition) is 2. The summed E-state index contributed by atoms with van der Waals surface area (Å²) in [4.78, 5) is 3.15. The van der Waals surface area contributed by atoms with Gasteiger partial charge in [0.2, 0.25) is 0 Å². The molecule has 0 amide bonds. The summed E-state index contributed by atoms with van der Waals surface area (Å²) >= 11 is 7.35. The Kier molecular flexibility index (Phi) is 4.33. The van der Waals surface area contributed by atoms with E-state index < -0.39 is 0 Å². The van der Waals surface area contributed by atoms with Crippen LogP contribution in [0.5, 0.6) is 0 Å². The molecule has 0 aliphatic heterocycles. The summed E-state index contributed by atoms with van der Waals surface area (Å²) in [6, 6.07) is 11.3. The molecule has 0 radical (unpaired) electrons. The molecular weight excluding hydrogens is 266 g/mol. The van der Waals surface area contributed by atoms with Crippen molar-refractivity contribution in [2.45, 2.75) is 12.2 Å². The van der Waals surface area contributed by atoms with Crippen molar-refractivity contribution in [3.05, 3.63) is 53.3 Å². The Morgan fingerprint density at radius 3 is 2.89 bits per heavy atom. The van der Waals surface area contributed by atoms with Gasteiger partial charge in [0.1, 0.15) is 0 Å². The largest absolute Gasteiger partial charge is 0.364 e. The van der Waals surface area contributed by atoms with Gasteiger partial charge >= 0.3 is 0 Å². The topological polar surface area (TPSA) is 51.7 Å². The summed E-state index contributed by atoms with van der Waals surface area (Å²) < 4.78 is 0. The normalized spacial score (nSPS) is 12.1. The highest BCUT2D eigenvalue weighted by atomic mass is 35.5. The average Bonchev–Trinajstić information content (AvgIpc) is 2.81. The van der Waals surface area contributed by atoms with E-state index in [2.05, 4.69) is 17.2 Å². The molecule has 0 fully saturated rings. The predicted octanol–water partition coefficient (Wildman–Crippen LogP) is 4.51. The Morgan fingerprint density at radius 2 is 2.22 bits per heavy atom. The fraction of sp³-hybridized carbons (Fsp3) is 0.154. The van der Waals surface area contributed by atoms with E-state index >= 15 is 0 Å². The molecule has 0 spiro atoms. The van der Waals surface area contributed by atoms with Crippen LogP contribution in [-0.4, -0.2) is 10.2 Å². The predicted molar refractivity (Wildman–Crippen MR) is 79.6 cm³/mol. The van der Waals surface area contributed by atoms with E-state index in [4.69, 9.17) is 17.0 Å². The number of hydrogen-bond donors (Lipinski definition) is 3.